The fourth-order valence-electron chi connectivity index (χ4n) is 2.33. The largest absolute Gasteiger partial charge is 0.448 e. The summed E-state index contributed by atoms with van der Waals surface area (Å²) in [6.07, 6.45) is -0.515. The number of carbonyl (C=O) groups is 2. The molecule has 0 aromatic heterocycles. The number of amides is 3. The molecule has 1 N–H and O–H groups in total. The van der Waals surface area contributed by atoms with Crippen LogP contribution in [0.25, 0.3) is 0 Å². The summed E-state index contributed by atoms with van der Waals surface area (Å²) >= 11 is 0. The average molecular weight is 317 g/mol. The van der Waals surface area contributed by atoms with Crippen LogP contribution in [-0.4, -0.2) is 41.8 Å². The summed E-state index contributed by atoms with van der Waals surface area (Å²) in [7, 11) is 0. The van der Waals surface area contributed by atoms with E-state index >= 15 is 0 Å². The first kappa shape index (κ1) is 16.9. The van der Waals surface area contributed by atoms with Gasteiger partial charge in [-0.2, -0.15) is 0 Å². The fourth-order valence-corrected chi connectivity index (χ4v) is 2.33. The third kappa shape index (κ3) is 3.83. The quantitative estimate of drug-likeness (QED) is 0.849. The van der Waals surface area contributed by atoms with Crippen LogP contribution < -0.4 is 5.32 Å². The monoisotopic (exact) mass is 317 g/mol. The van der Waals surface area contributed by atoms with E-state index in [-0.39, 0.29) is 12.6 Å². The Morgan fingerprint density at radius 1 is 1.09 bits per heavy atom. The molecule has 1 aromatic carbocycles. The van der Waals surface area contributed by atoms with E-state index in [1.54, 1.807) is 6.92 Å². The van der Waals surface area contributed by atoms with Crippen LogP contribution >= 0.6 is 0 Å². The van der Waals surface area contributed by atoms with Crippen molar-refractivity contribution in [1.82, 2.24) is 10.0 Å². The third-order valence-corrected chi connectivity index (χ3v) is 3.89. The summed E-state index contributed by atoms with van der Waals surface area (Å²) in [5.74, 6) is 0. The van der Waals surface area contributed by atoms with Crippen molar-refractivity contribution in [3.63, 3.8) is 0 Å². The number of aryl methyl sites for hydroxylation is 1. The van der Waals surface area contributed by atoms with E-state index in [9.17, 15) is 9.59 Å². The number of urea groups is 1. The molecule has 0 bridgehead atoms. The fraction of sp³-hybridized carbons (Fsp3) is 0.412. The van der Waals surface area contributed by atoms with Gasteiger partial charge in [-0.3, -0.25) is 0 Å². The average Bonchev–Trinajstić information content (AvgIpc) is 2.52. The molecule has 0 atom stereocenters. The molecule has 0 spiro atoms. The number of ether oxygens (including phenoxy) is 1. The summed E-state index contributed by atoms with van der Waals surface area (Å²) in [6, 6.07) is 7.17. The first-order chi connectivity index (χ1) is 10.9. The third-order valence-electron chi connectivity index (χ3n) is 3.89. The van der Waals surface area contributed by atoms with Crippen molar-refractivity contribution < 1.29 is 14.3 Å². The predicted octanol–water partition coefficient (Wildman–Crippen LogP) is 3.55. The molecule has 1 aliphatic rings. The van der Waals surface area contributed by atoms with Crippen molar-refractivity contribution in [2.45, 2.75) is 27.7 Å². The standard InChI is InChI=1S/C17H23N3O3/c1-5-23-17(22)20-11-14(4)13(3)10-19(20)16(21)18-15-9-7-6-8-12(15)2/h6-9H,5,10-11H2,1-4H3,(H,18,21). The zero-order valence-electron chi connectivity index (χ0n) is 14.0. The van der Waals surface area contributed by atoms with Crippen LogP contribution in [0.4, 0.5) is 15.3 Å². The van der Waals surface area contributed by atoms with Crippen LogP contribution in [-0.2, 0) is 4.74 Å². The summed E-state index contributed by atoms with van der Waals surface area (Å²) in [4.78, 5) is 24.8. The number of benzene rings is 1. The van der Waals surface area contributed by atoms with E-state index in [1.807, 2.05) is 45.0 Å². The lowest BCUT2D eigenvalue weighted by Crippen LogP contribution is -2.55. The number of hydrogen-bond acceptors (Lipinski definition) is 3. The van der Waals surface area contributed by atoms with Gasteiger partial charge in [0.1, 0.15) is 0 Å². The molecule has 0 saturated carbocycles. The van der Waals surface area contributed by atoms with Crippen molar-refractivity contribution >= 4 is 17.8 Å². The van der Waals surface area contributed by atoms with E-state index in [2.05, 4.69) is 5.32 Å². The van der Waals surface area contributed by atoms with Crippen LogP contribution in [0.5, 0.6) is 0 Å². The van der Waals surface area contributed by atoms with E-state index in [1.165, 1.54) is 10.0 Å². The van der Waals surface area contributed by atoms with Gasteiger partial charge >= 0.3 is 12.1 Å². The molecule has 1 aliphatic heterocycles. The highest BCUT2D eigenvalue weighted by atomic mass is 16.6. The highest BCUT2D eigenvalue weighted by Crippen LogP contribution is 2.20. The first-order valence-corrected chi connectivity index (χ1v) is 7.67. The molecule has 0 aliphatic carbocycles. The number of hydrogen-bond donors (Lipinski definition) is 1. The van der Waals surface area contributed by atoms with E-state index < -0.39 is 6.09 Å². The second kappa shape index (κ2) is 7.17. The van der Waals surface area contributed by atoms with Crippen molar-refractivity contribution in [2.24, 2.45) is 0 Å². The minimum absolute atomic E-state index is 0.268. The van der Waals surface area contributed by atoms with Crippen molar-refractivity contribution in [3.8, 4) is 0 Å². The molecular formula is C17H23N3O3. The Hall–Kier alpha value is -2.50. The smallest absolute Gasteiger partial charge is 0.429 e. The highest BCUT2D eigenvalue weighted by Gasteiger charge is 2.31. The number of carbonyl (C=O) groups excluding carboxylic acids is 2. The van der Waals surface area contributed by atoms with Crippen LogP contribution in [0.1, 0.15) is 26.3 Å². The molecule has 0 saturated heterocycles. The topological polar surface area (TPSA) is 61.9 Å². The Bertz CT molecular complexity index is 640. The predicted molar refractivity (Wildman–Crippen MR) is 89.0 cm³/mol. The van der Waals surface area contributed by atoms with Gasteiger partial charge in [-0.1, -0.05) is 29.3 Å². The van der Waals surface area contributed by atoms with Gasteiger partial charge in [0.15, 0.2) is 0 Å². The van der Waals surface area contributed by atoms with Crippen LogP contribution in [0.15, 0.2) is 35.4 Å². The number of anilines is 1. The second-order valence-corrected chi connectivity index (χ2v) is 5.62. The Morgan fingerprint density at radius 3 is 2.30 bits per heavy atom. The SMILES string of the molecule is CCOC(=O)N1CC(C)=C(C)CN1C(=O)Nc1ccccc1C. The molecular weight excluding hydrogens is 294 g/mol. The Labute approximate surface area is 136 Å². The molecule has 0 unspecified atom stereocenters. The molecule has 6 nitrogen and oxygen atoms in total. The number of nitrogens with zero attached hydrogens (tertiary/aromatic N) is 2. The number of nitrogens with one attached hydrogen (secondary N) is 1. The van der Waals surface area contributed by atoms with E-state index in [4.69, 9.17) is 4.74 Å². The molecule has 3 amide bonds. The summed E-state index contributed by atoms with van der Waals surface area (Å²) in [6.45, 7) is 8.57. The molecule has 2 rings (SSSR count). The molecule has 23 heavy (non-hydrogen) atoms. The van der Waals surface area contributed by atoms with E-state index in [0.29, 0.717) is 13.1 Å². The molecule has 1 heterocycles. The van der Waals surface area contributed by atoms with Gasteiger partial charge in [0.2, 0.25) is 0 Å². The summed E-state index contributed by atoms with van der Waals surface area (Å²) < 4.78 is 5.06. The minimum atomic E-state index is -0.515. The van der Waals surface area contributed by atoms with Crippen molar-refractivity contribution in [3.05, 3.63) is 41.0 Å². The molecule has 124 valence electrons. The zero-order chi connectivity index (χ0) is 17.0. The maximum absolute atomic E-state index is 12.6. The number of rotatable bonds is 2. The molecule has 0 radical (unpaired) electrons. The molecule has 0 fully saturated rings. The first-order valence-electron chi connectivity index (χ1n) is 7.67. The lowest BCUT2D eigenvalue weighted by atomic mass is 10.1. The normalized spacial score (nSPS) is 14.8. The van der Waals surface area contributed by atoms with Gasteiger partial charge in [-0.25, -0.2) is 19.6 Å². The van der Waals surface area contributed by atoms with Gasteiger partial charge < -0.3 is 10.1 Å². The van der Waals surface area contributed by atoms with Gasteiger partial charge in [0, 0.05) is 5.69 Å². The van der Waals surface area contributed by atoms with Gasteiger partial charge in [-0.15, -0.1) is 0 Å². The minimum Gasteiger partial charge on any atom is -0.448 e. The zero-order valence-corrected chi connectivity index (χ0v) is 14.0. The Kier molecular flexibility index (Phi) is 5.26. The van der Waals surface area contributed by atoms with Crippen molar-refractivity contribution in [2.75, 3.05) is 25.0 Å². The van der Waals surface area contributed by atoms with Crippen LogP contribution in [0.2, 0.25) is 0 Å². The summed E-state index contributed by atoms with van der Waals surface area (Å²) in [5, 5.41) is 5.60. The van der Waals surface area contributed by atoms with Crippen molar-refractivity contribution in [1.29, 1.82) is 0 Å². The molecule has 1 aromatic rings. The van der Waals surface area contributed by atoms with Crippen LogP contribution in [0, 0.1) is 6.92 Å². The van der Waals surface area contributed by atoms with Gasteiger partial charge in [0.25, 0.3) is 0 Å². The van der Waals surface area contributed by atoms with Gasteiger partial charge in [-0.05, 0) is 39.3 Å². The number of para-hydroxylation sites is 1. The van der Waals surface area contributed by atoms with E-state index in [0.717, 1.165) is 22.4 Å². The summed E-state index contributed by atoms with van der Waals surface area (Å²) in [5.41, 5.74) is 3.83. The maximum Gasteiger partial charge on any atom is 0.429 e. The lowest BCUT2D eigenvalue weighted by molar-refractivity contribution is 0.0153. The Morgan fingerprint density at radius 2 is 1.70 bits per heavy atom. The molecule has 6 heteroatoms. The maximum atomic E-state index is 12.6. The highest BCUT2D eigenvalue weighted by molar-refractivity contribution is 5.91. The van der Waals surface area contributed by atoms with Gasteiger partial charge in [0.05, 0.1) is 19.7 Å². The Balaban J connectivity index is 2.21. The lowest BCUT2D eigenvalue weighted by Gasteiger charge is -2.38. The second-order valence-electron chi connectivity index (χ2n) is 5.62. The van der Waals surface area contributed by atoms with Crippen LogP contribution in [0.3, 0.4) is 0 Å². The number of hydrazine groups is 1.